The molecule has 0 saturated carbocycles. The molecule has 1 aromatic rings. The lowest BCUT2D eigenvalue weighted by Gasteiger charge is -2.31. The van der Waals surface area contributed by atoms with E-state index in [0.29, 0.717) is 17.8 Å². The Kier molecular flexibility index (Phi) is 4.69. The van der Waals surface area contributed by atoms with Crippen molar-refractivity contribution in [3.05, 3.63) is 0 Å². The fourth-order valence-electron chi connectivity index (χ4n) is 2.18. The zero-order valence-corrected chi connectivity index (χ0v) is 11.3. The third kappa shape index (κ3) is 3.42. The van der Waals surface area contributed by atoms with Crippen LogP contribution in [0.15, 0.2) is 0 Å². The van der Waals surface area contributed by atoms with Crippen LogP contribution in [0.4, 0.5) is 11.9 Å². The average molecular weight is 268 g/mol. The molecule has 8 nitrogen and oxygen atoms in total. The number of nitrogens with two attached hydrogens (primary N) is 1. The van der Waals surface area contributed by atoms with Gasteiger partial charge in [-0.3, -0.25) is 5.43 Å². The number of nitrogen functional groups attached to an aromatic ring is 1. The average Bonchev–Trinajstić information content (AvgIpc) is 2.47. The van der Waals surface area contributed by atoms with Crippen LogP contribution in [0.25, 0.3) is 0 Å². The number of hydrazine groups is 1. The van der Waals surface area contributed by atoms with E-state index in [4.69, 9.17) is 15.3 Å². The Morgan fingerprint density at radius 1 is 1.26 bits per heavy atom. The Labute approximate surface area is 112 Å². The molecule has 1 aromatic heterocycles. The normalized spacial score (nSPS) is 16.5. The van der Waals surface area contributed by atoms with Gasteiger partial charge < -0.3 is 14.4 Å². The molecule has 3 N–H and O–H groups in total. The molecule has 0 amide bonds. The number of rotatable bonds is 5. The van der Waals surface area contributed by atoms with Crippen LogP contribution in [0.2, 0.25) is 0 Å². The van der Waals surface area contributed by atoms with Crippen LogP contribution in [0.5, 0.6) is 6.01 Å². The lowest BCUT2D eigenvalue weighted by molar-refractivity contribution is 0.139. The summed E-state index contributed by atoms with van der Waals surface area (Å²) in [5.74, 6) is 6.85. The molecule has 0 aromatic carbocycles. The molecule has 2 rings (SSSR count). The summed E-state index contributed by atoms with van der Waals surface area (Å²) in [7, 11) is 3.26. The van der Waals surface area contributed by atoms with E-state index in [1.54, 1.807) is 7.11 Å². The molecule has 1 saturated heterocycles. The Hall–Kier alpha value is -1.67. The van der Waals surface area contributed by atoms with Gasteiger partial charge in [0.05, 0.1) is 7.11 Å². The van der Waals surface area contributed by atoms with Gasteiger partial charge in [-0.05, 0) is 18.8 Å². The van der Waals surface area contributed by atoms with E-state index >= 15 is 0 Å². The van der Waals surface area contributed by atoms with Crippen LogP contribution in [0.3, 0.4) is 0 Å². The van der Waals surface area contributed by atoms with Crippen LogP contribution >= 0.6 is 0 Å². The van der Waals surface area contributed by atoms with Crippen LogP contribution in [-0.4, -0.2) is 48.9 Å². The highest BCUT2D eigenvalue weighted by atomic mass is 16.5. The zero-order chi connectivity index (χ0) is 13.7. The quantitative estimate of drug-likeness (QED) is 0.570. The van der Waals surface area contributed by atoms with E-state index in [1.165, 1.54) is 7.11 Å². The van der Waals surface area contributed by atoms with Gasteiger partial charge in [0.25, 0.3) is 0 Å². The molecule has 0 unspecified atom stereocenters. The first kappa shape index (κ1) is 13.8. The second-order valence-electron chi connectivity index (χ2n) is 4.48. The van der Waals surface area contributed by atoms with E-state index in [2.05, 4.69) is 25.3 Å². The van der Waals surface area contributed by atoms with Crippen LogP contribution < -0.4 is 20.9 Å². The van der Waals surface area contributed by atoms with E-state index in [1.807, 2.05) is 0 Å². The van der Waals surface area contributed by atoms with Crippen LogP contribution in [0, 0.1) is 5.92 Å². The van der Waals surface area contributed by atoms with E-state index < -0.39 is 0 Å². The monoisotopic (exact) mass is 268 g/mol. The predicted octanol–water partition coefficient (Wildman–Crippen LogP) is 0.0286. The number of anilines is 2. The SMILES string of the molecule is COCC1CCN(c2nc(NN)nc(OC)n2)CC1. The van der Waals surface area contributed by atoms with Gasteiger partial charge >= 0.3 is 6.01 Å². The Morgan fingerprint density at radius 3 is 2.58 bits per heavy atom. The van der Waals surface area contributed by atoms with Gasteiger partial charge in [0.1, 0.15) is 0 Å². The zero-order valence-electron chi connectivity index (χ0n) is 11.3. The molecule has 0 spiro atoms. The molecule has 2 heterocycles. The number of nitrogens with one attached hydrogen (secondary N) is 1. The van der Waals surface area contributed by atoms with Gasteiger partial charge in [0.2, 0.25) is 11.9 Å². The van der Waals surface area contributed by atoms with Gasteiger partial charge in [-0.25, -0.2) is 5.84 Å². The van der Waals surface area contributed by atoms with Gasteiger partial charge in [-0.2, -0.15) is 15.0 Å². The molecular weight excluding hydrogens is 248 g/mol. The third-order valence-electron chi connectivity index (χ3n) is 3.21. The predicted molar refractivity (Wildman–Crippen MR) is 71.0 cm³/mol. The Bertz CT molecular complexity index is 386. The van der Waals surface area contributed by atoms with Gasteiger partial charge in [0.15, 0.2) is 0 Å². The molecule has 106 valence electrons. The first-order valence-electron chi connectivity index (χ1n) is 6.27. The maximum absolute atomic E-state index is 5.34. The van der Waals surface area contributed by atoms with E-state index in [0.717, 1.165) is 32.5 Å². The molecule has 0 radical (unpaired) electrons. The van der Waals surface area contributed by atoms with Crippen molar-refractivity contribution in [3.63, 3.8) is 0 Å². The summed E-state index contributed by atoms with van der Waals surface area (Å²) in [6.07, 6.45) is 2.13. The van der Waals surface area contributed by atoms with Crippen molar-refractivity contribution in [1.82, 2.24) is 15.0 Å². The molecule has 1 fully saturated rings. The second kappa shape index (κ2) is 6.48. The fourth-order valence-corrected chi connectivity index (χ4v) is 2.18. The largest absolute Gasteiger partial charge is 0.467 e. The number of methoxy groups -OCH3 is 2. The smallest absolute Gasteiger partial charge is 0.322 e. The van der Waals surface area contributed by atoms with Crippen molar-refractivity contribution in [2.75, 3.05) is 44.2 Å². The molecule has 0 bridgehead atoms. The summed E-state index contributed by atoms with van der Waals surface area (Å²) in [6, 6.07) is 0.261. The highest BCUT2D eigenvalue weighted by Gasteiger charge is 2.22. The number of nitrogens with zero attached hydrogens (tertiary/aromatic N) is 4. The molecule has 1 aliphatic rings. The van der Waals surface area contributed by atoms with E-state index in [-0.39, 0.29) is 6.01 Å². The number of ether oxygens (including phenoxy) is 2. The summed E-state index contributed by atoms with van der Waals surface area (Å²) in [6.45, 7) is 2.60. The number of aromatic nitrogens is 3. The van der Waals surface area contributed by atoms with Crippen LogP contribution in [-0.2, 0) is 4.74 Å². The minimum absolute atomic E-state index is 0.261. The van der Waals surface area contributed by atoms with Gasteiger partial charge in [-0.15, -0.1) is 0 Å². The summed E-state index contributed by atoms with van der Waals surface area (Å²) in [5.41, 5.74) is 2.42. The maximum atomic E-state index is 5.34. The number of hydrogen-bond acceptors (Lipinski definition) is 8. The summed E-state index contributed by atoms with van der Waals surface area (Å²) >= 11 is 0. The lowest BCUT2D eigenvalue weighted by Crippen LogP contribution is -2.36. The van der Waals surface area contributed by atoms with Gasteiger partial charge in [-0.1, -0.05) is 0 Å². The van der Waals surface area contributed by atoms with E-state index in [9.17, 15) is 0 Å². The number of hydrogen-bond donors (Lipinski definition) is 2. The fraction of sp³-hybridized carbons (Fsp3) is 0.727. The Morgan fingerprint density at radius 2 is 2.00 bits per heavy atom. The first-order valence-corrected chi connectivity index (χ1v) is 6.27. The minimum atomic E-state index is 0.261. The lowest BCUT2D eigenvalue weighted by atomic mass is 9.98. The van der Waals surface area contributed by atoms with Crippen molar-refractivity contribution in [3.8, 4) is 6.01 Å². The molecule has 8 heteroatoms. The minimum Gasteiger partial charge on any atom is -0.467 e. The van der Waals surface area contributed by atoms with Crippen molar-refractivity contribution >= 4 is 11.9 Å². The molecular formula is C11H20N6O2. The van der Waals surface area contributed by atoms with Gasteiger partial charge in [0, 0.05) is 26.8 Å². The van der Waals surface area contributed by atoms with Crippen molar-refractivity contribution in [1.29, 1.82) is 0 Å². The summed E-state index contributed by atoms with van der Waals surface area (Å²) in [5, 5.41) is 0. The first-order chi connectivity index (χ1) is 9.26. The molecule has 0 aliphatic carbocycles. The topological polar surface area (TPSA) is 98.4 Å². The van der Waals surface area contributed by atoms with Crippen molar-refractivity contribution < 1.29 is 9.47 Å². The summed E-state index contributed by atoms with van der Waals surface area (Å²) in [4.78, 5) is 14.6. The summed E-state index contributed by atoms with van der Waals surface area (Å²) < 4.78 is 10.2. The second-order valence-corrected chi connectivity index (χ2v) is 4.48. The number of piperidine rings is 1. The standard InChI is InChI=1S/C11H20N6O2/c1-18-7-8-3-5-17(6-4-8)10-13-9(16-12)14-11(15-10)19-2/h8H,3-7,12H2,1-2H3,(H,13,14,15,16). The molecule has 0 atom stereocenters. The molecule has 1 aliphatic heterocycles. The van der Waals surface area contributed by atoms with Crippen molar-refractivity contribution in [2.24, 2.45) is 11.8 Å². The maximum Gasteiger partial charge on any atom is 0.322 e. The third-order valence-corrected chi connectivity index (χ3v) is 3.21. The van der Waals surface area contributed by atoms with Crippen LogP contribution in [0.1, 0.15) is 12.8 Å². The Balaban J connectivity index is 2.06. The highest BCUT2D eigenvalue weighted by Crippen LogP contribution is 2.22. The van der Waals surface area contributed by atoms with Crippen molar-refractivity contribution in [2.45, 2.75) is 12.8 Å². The highest BCUT2D eigenvalue weighted by molar-refractivity contribution is 5.38. The molecule has 19 heavy (non-hydrogen) atoms.